The van der Waals surface area contributed by atoms with E-state index in [1.165, 1.54) is 16.7 Å². The predicted molar refractivity (Wildman–Crippen MR) is 109 cm³/mol. The van der Waals surface area contributed by atoms with Crippen molar-refractivity contribution in [2.24, 2.45) is 11.3 Å². The average Bonchev–Trinajstić information content (AvgIpc) is 2.97. The second-order valence-corrected chi connectivity index (χ2v) is 8.64. The fourth-order valence-corrected chi connectivity index (χ4v) is 5.28. The molecule has 0 spiro atoms. The topological polar surface area (TPSA) is 38.3 Å². The molecule has 4 rings (SSSR count). The van der Waals surface area contributed by atoms with E-state index in [-0.39, 0.29) is 23.2 Å². The molecule has 2 aromatic carbocycles. The lowest BCUT2D eigenvalue weighted by Crippen LogP contribution is -2.41. The lowest BCUT2D eigenvalue weighted by molar-refractivity contribution is -0.129. The Bertz CT molecular complexity index is 863. The first-order chi connectivity index (χ1) is 12.9. The lowest BCUT2D eigenvalue weighted by Gasteiger charge is -2.45. The van der Waals surface area contributed by atoms with E-state index in [4.69, 9.17) is 16.3 Å². The van der Waals surface area contributed by atoms with E-state index < -0.39 is 0 Å². The molecule has 0 bridgehead atoms. The molecule has 1 aliphatic carbocycles. The number of rotatable bonds is 3. The van der Waals surface area contributed by atoms with Crippen LogP contribution >= 0.6 is 11.6 Å². The second kappa shape index (κ2) is 6.87. The summed E-state index contributed by atoms with van der Waals surface area (Å²) in [5.41, 5.74) is 3.37. The van der Waals surface area contributed by atoms with Crippen LogP contribution in [0.15, 0.2) is 42.5 Å². The highest BCUT2D eigenvalue weighted by molar-refractivity contribution is 6.30. The van der Waals surface area contributed by atoms with Crippen LogP contribution in [-0.2, 0) is 4.79 Å². The van der Waals surface area contributed by atoms with Crippen molar-refractivity contribution < 1.29 is 9.53 Å². The number of ether oxygens (including phenoxy) is 1. The fourth-order valence-electron chi connectivity index (χ4n) is 5.16. The van der Waals surface area contributed by atoms with Gasteiger partial charge < -0.3 is 10.1 Å². The monoisotopic (exact) mass is 383 g/mol. The predicted octanol–water partition coefficient (Wildman–Crippen LogP) is 5.07. The van der Waals surface area contributed by atoms with Crippen LogP contribution in [0.25, 0.3) is 0 Å². The van der Waals surface area contributed by atoms with Gasteiger partial charge in [-0.2, -0.15) is 0 Å². The smallest absolute Gasteiger partial charge is 0.226 e. The van der Waals surface area contributed by atoms with Crippen LogP contribution < -0.4 is 10.1 Å². The van der Waals surface area contributed by atoms with Gasteiger partial charge in [-0.15, -0.1) is 0 Å². The molecule has 2 fully saturated rings. The third-order valence-corrected chi connectivity index (χ3v) is 6.96. The Morgan fingerprint density at radius 3 is 2.63 bits per heavy atom. The quantitative estimate of drug-likeness (QED) is 0.803. The molecule has 1 saturated carbocycles. The van der Waals surface area contributed by atoms with Crippen molar-refractivity contribution in [3.8, 4) is 5.75 Å². The van der Waals surface area contributed by atoms with Crippen molar-refractivity contribution in [2.75, 3.05) is 13.7 Å². The van der Waals surface area contributed by atoms with Crippen LogP contribution in [-0.4, -0.2) is 19.6 Å². The molecule has 1 heterocycles. The zero-order valence-corrected chi connectivity index (χ0v) is 16.8. The molecule has 1 saturated heterocycles. The van der Waals surface area contributed by atoms with Crippen LogP contribution in [0.1, 0.15) is 48.3 Å². The molecule has 0 aromatic heterocycles. The van der Waals surface area contributed by atoms with E-state index in [1.807, 2.05) is 12.1 Å². The molecule has 2 aliphatic rings. The van der Waals surface area contributed by atoms with Gasteiger partial charge in [0, 0.05) is 11.6 Å². The minimum Gasteiger partial charge on any atom is -0.496 e. The van der Waals surface area contributed by atoms with E-state index in [1.54, 1.807) is 7.11 Å². The Kier molecular flexibility index (Phi) is 4.67. The molecule has 1 N–H and O–H groups in total. The van der Waals surface area contributed by atoms with Crippen molar-refractivity contribution >= 4 is 17.5 Å². The van der Waals surface area contributed by atoms with E-state index in [2.05, 4.69) is 49.5 Å². The van der Waals surface area contributed by atoms with Gasteiger partial charge in [-0.05, 0) is 72.4 Å². The van der Waals surface area contributed by atoms with Gasteiger partial charge in [0.1, 0.15) is 5.75 Å². The maximum atomic E-state index is 12.6. The maximum Gasteiger partial charge on any atom is 0.226 e. The SMILES string of the molecule is COc1cc(C)ccc1C1CCC2(C)C(=O)NCC2C1c1ccc(Cl)cc1. The largest absolute Gasteiger partial charge is 0.496 e. The van der Waals surface area contributed by atoms with E-state index >= 15 is 0 Å². The van der Waals surface area contributed by atoms with Crippen LogP contribution in [0.5, 0.6) is 5.75 Å². The van der Waals surface area contributed by atoms with Crippen LogP contribution in [0.2, 0.25) is 5.02 Å². The summed E-state index contributed by atoms with van der Waals surface area (Å²) in [6, 6.07) is 14.6. The number of aryl methyl sites for hydroxylation is 1. The number of methoxy groups -OCH3 is 1. The van der Waals surface area contributed by atoms with Gasteiger partial charge in [0.15, 0.2) is 0 Å². The number of hydrogen-bond acceptors (Lipinski definition) is 2. The summed E-state index contributed by atoms with van der Waals surface area (Å²) in [5, 5.41) is 3.86. The van der Waals surface area contributed by atoms with Gasteiger partial charge in [-0.3, -0.25) is 4.79 Å². The molecule has 2 aromatic rings. The van der Waals surface area contributed by atoms with Crippen molar-refractivity contribution in [1.29, 1.82) is 0 Å². The highest BCUT2D eigenvalue weighted by atomic mass is 35.5. The summed E-state index contributed by atoms with van der Waals surface area (Å²) in [4.78, 5) is 12.6. The Morgan fingerprint density at radius 2 is 1.93 bits per heavy atom. The van der Waals surface area contributed by atoms with Crippen LogP contribution in [0.4, 0.5) is 0 Å². The van der Waals surface area contributed by atoms with Crippen molar-refractivity contribution in [3.05, 3.63) is 64.2 Å². The number of carbonyl (C=O) groups is 1. The lowest BCUT2D eigenvalue weighted by atomic mass is 9.57. The molecule has 4 heteroatoms. The van der Waals surface area contributed by atoms with Crippen molar-refractivity contribution in [3.63, 3.8) is 0 Å². The molecular weight excluding hydrogens is 358 g/mol. The summed E-state index contributed by atoms with van der Waals surface area (Å²) in [7, 11) is 1.74. The first kappa shape index (κ1) is 18.4. The zero-order valence-electron chi connectivity index (χ0n) is 16.1. The number of amides is 1. The third kappa shape index (κ3) is 3.02. The van der Waals surface area contributed by atoms with Gasteiger partial charge in [0.05, 0.1) is 12.5 Å². The molecule has 142 valence electrons. The van der Waals surface area contributed by atoms with E-state index in [9.17, 15) is 4.79 Å². The minimum atomic E-state index is -0.307. The number of halogens is 1. The fraction of sp³-hybridized carbons (Fsp3) is 0.435. The molecule has 3 nitrogen and oxygen atoms in total. The van der Waals surface area contributed by atoms with Crippen molar-refractivity contribution in [2.45, 2.75) is 38.5 Å². The number of fused-ring (bicyclic) bond motifs is 1. The molecular formula is C23H26ClNO2. The second-order valence-electron chi connectivity index (χ2n) is 8.20. The standard InChI is InChI=1S/C23H26ClNO2/c1-14-4-9-17(20(12-14)27-3)18-10-11-23(2)19(13-25-22(23)26)21(18)15-5-7-16(24)8-6-15/h4-9,12,18-19,21H,10-11,13H2,1-3H3,(H,25,26). The molecule has 27 heavy (non-hydrogen) atoms. The number of carbonyl (C=O) groups excluding carboxylic acids is 1. The summed E-state index contributed by atoms with van der Waals surface area (Å²) in [6.45, 7) is 4.94. The van der Waals surface area contributed by atoms with Gasteiger partial charge in [-0.25, -0.2) is 0 Å². The Hall–Kier alpha value is -2.00. The third-order valence-electron chi connectivity index (χ3n) is 6.70. The Labute approximate surface area is 166 Å². The maximum absolute atomic E-state index is 12.6. The average molecular weight is 384 g/mol. The summed E-state index contributed by atoms with van der Waals surface area (Å²) < 4.78 is 5.74. The zero-order chi connectivity index (χ0) is 19.2. The number of benzene rings is 2. The number of hydrogen-bond donors (Lipinski definition) is 1. The van der Waals surface area contributed by atoms with Gasteiger partial charge in [-0.1, -0.05) is 42.8 Å². The summed E-state index contributed by atoms with van der Waals surface area (Å²) >= 11 is 6.14. The van der Waals surface area contributed by atoms with Crippen LogP contribution in [0.3, 0.4) is 0 Å². The van der Waals surface area contributed by atoms with E-state index in [0.717, 1.165) is 30.2 Å². The molecule has 1 amide bonds. The normalized spacial score (nSPS) is 29.9. The minimum absolute atomic E-state index is 0.195. The molecule has 0 radical (unpaired) electrons. The molecule has 1 aliphatic heterocycles. The van der Waals surface area contributed by atoms with Crippen LogP contribution in [0, 0.1) is 18.3 Å². The molecule has 4 atom stereocenters. The first-order valence-electron chi connectivity index (χ1n) is 9.62. The van der Waals surface area contributed by atoms with Gasteiger partial charge >= 0.3 is 0 Å². The van der Waals surface area contributed by atoms with E-state index in [0.29, 0.717) is 5.92 Å². The summed E-state index contributed by atoms with van der Waals surface area (Å²) in [6.07, 6.45) is 1.86. The van der Waals surface area contributed by atoms with Crippen molar-refractivity contribution in [1.82, 2.24) is 5.32 Å². The molecule has 4 unspecified atom stereocenters. The summed E-state index contributed by atoms with van der Waals surface area (Å²) in [5.74, 6) is 1.96. The Balaban J connectivity index is 1.83. The Morgan fingerprint density at radius 1 is 1.19 bits per heavy atom. The van der Waals surface area contributed by atoms with Gasteiger partial charge in [0.25, 0.3) is 0 Å². The number of nitrogens with one attached hydrogen (secondary N) is 1. The first-order valence-corrected chi connectivity index (χ1v) is 10.00. The van der Waals surface area contributed by atoms with Gasteiger partial charge in [0.2, 0.25) is 5.91 Å². The highest BCUT2D eigenvalue weighted by Crippen LogP contribution is 2.57. The highest BCUT2D eigenvalue weighted by Gasteiger charge is 2.55.